The number of carboxylic acid groups (broad SMARTS) is 1. The Morgan fingerprint density at radius 2 is 2.05 bits per heavy atom. The van der Waals surface area contributed by atoms with Crippen LogP contribution < -0.4 is 5.32 Å². The van der Waals surface area contributed by atoms with E-state index in [1.165, 1.54) is 0 Å². The highest BCUT2D eigenvalue weighted by atomic mass is 32.1. The zero-order chi connectivity index (χ0) is 14.8. The number of nitrogens with one attached hydrogen (secondary N) is 1. The lowest BCUT2D eigenvalue weighted by Crippen LogP contribution is -2.07. The average molecular weight is 298 g/mol. The van der Waals surface area contributed by atoms with Crippen molar-refractivity contribution in [2.75, 3.05) is 5.32 Å². The predicted molar refractivity (Wildman–Crippen MR) is 85.1 cm³/mol. The van der Waals surface area contributed by atoms with Crippen molar-refractivity contribution in [3.8, 4) is 0 Å². The molecule has 0 aliphatic heterocycles. The SMILES string of the molecule is CC(Nc1cccc(C(=O)O)c1)c1nc2ccccc2s1. The Bertz CT molecular complexity index is 765. The molecule has 1 atom stereocenters. The lowest BCUT2D eigenvalue weighted by Gasteiger charge is -2.12. The second kappa shape index (κ2) is 5.54. The van der Waals surface area contributed by atoms with Crippen molar-refractivity contribution in [1.82, 2.24) is 4.98 Å². The van der Waals surface area contributed by atoms with E-state index in [0.29, 0.717) is 0 Å². The summed E-state index contributed by atoms with van der Waals surface area (Å²) in [5.41, 5.74) is 2.04. The van der Waals surface area contributed by atoms with Crippen molar-refractivity contribution in [1.29, 1.82) is 0 Å². The van der Waals surface area contributed by atoms with E-state index in [0.717, 1.165) is 20.9 Å². The first kappa shape index (κ1) is 13.6. The van der Waals surface area contributed by atoms with Crippen LogP contribution in [0.3, 0.4) is 0 Å². The van der Waals surface area contributed by atoms with Gasteiger partial charge in [-0.2, -0.15) is 0 Å². The molecule has 1 heterocycles. The number of carbonyl (C=O) groups is 1. The Kier molecular flexibility index (Phi) is 3.58. The molecule has 0 amide bonds. The number of aromatic carboxylic acids is 1. The van der Waals surface area contributed by atoms with Gasteiger partial charge in [-0.1, -0.05) is 18.2 Å². The monoisotopic (exact) mass is 298 g/mol. The summed E-state index contributed by atoms with van der Waals surface area (Å²) in [5.74, 6) is -0.925. The number of anilines is 1. The Balaban J connectivity index is 1.84. The molecule has 1 unspecified atom stereocenters. The normalized spacial score (nSPS) is 12.2. The number of nitrogens with zero attached hydrogens (tertiary/aromatic N) is 1. The van der Waals surface area contributed by atoms with Gasteiger partial charge in [0.2, 0.25) is 0 Å². The third kappa shape index (κ3) is 2.87. The first-order valence-electron chi connectivity index (χ1n) is 6.59. The Labute approximate surface area is 126 Å². The molecule has 3 aromatic rings. The highest BCUT2D eigenvalue weighted by Crippen LogP contribution is 2.28. The third-order valence-corrected chi connectivity index (χ3v) is 4.39. The van der Waals surface area contributed by atoms with E-state index in [1.54, 1.807) is 29.5 Å². The lowest BCUT2D eigenvalue weighted by atomic mass is 10.2. The molecule has 3 rings (SSSR count). The number of thiazole rings is 1. The number of fused-ring (bicyclic) bond motifs is 1. The standard InChI is InChI=1S/C16H14N2O2S/c1-10(15-18-13-7-2-3-8-14(13)21-15)17-12-6-4-5-11(9-12)16(19)20/h2-10,17H,1H3,(H,19,20). The van der Waals surface area contributed by atoms with E-state index in [2.05, 4.69) is 10.3 Å². The smallest absolute Gasteiger partial charge is 0.335 e. The van der Waals surface area contributed by atoms with E-state index < -0.39 is 5.97 Å². The summed E-state index contributed by atoms with van der Waals surface area (Å²) in [5, 5.41) is 13.3. The van der Waals surface area contributed by atoms with Crippen LogP contribution in [0.2, 0.25) is 0 Å². The van der Waals surface area contributed by atoms with Crippen LogP contribution in [0, 0.1) is 0 Å². The fourth-order valence-electron chi connectivity index (χ4n) is 2.13. The van der Waals surface area contributed by atoms with E-state index in [1.807, 2.05) is 37.3 Å². The second-order valence-corrected chi connectivity index (χ2v) is 5.83. The highest BCUT2D eigenvalue weighted by molar-refractivity contribution is 7.18. The minimum atomic E-state index is -0.925. The van der Waals surface area contributed by atoms with Gasteiger partial charge in [-0.3, -0.25) is 0 Å². The van der Waals surface area contributed by atoms with Crippen LogP contribution in [0.25, 0.3) is 10.2 Å². The molecule has 0 fully saturated rings. The Morgan fingerprint density at radius 1 is 1.24 bits per heavy atom. The van der Waals surface area contributed by atoms with Crippen molar-refractivity contribution in [3.63, 3.8) is 0 Å². The molecule has 4 nitrogen and oxygen atoms in total. The maximum atomic E-state index is 11.0. The number of rotatable bonds is 4. The van der Waals surface area contributed by atoms with Crippen molar-refractivity contribution in [2.24, 2.45) is 0 Å². The Hall–Kier alpha value is -2.40. The van der Waals surface area contributed by atoms with Gasteiger partial charge in [-0.15, -0.1) is 11.3 Å². The molecule has 5 heteroatoms. The maximum Gasteiger partial charge on any atom is 0.335 e. The van der Waals surface area contributed by atoms with E-state index in [9.17, 15) is 4.79 Å². The van der Waals surface area contributed by atoms with Gasteiger partial charge in [-0.25, -0.2) is 9.78 Å². The van der Waals surface area contributed by atoms with Crippen LogP contribution in [0.4, 0.5) is 5.69 Å². The van der Waals surface area contributed by atoms with Crippen LogP contribution in [0.5, 0.6) is 0 Å². The molecule has 0 spiro atoms. The lowest BCUT2D eigenvalue weighted by molar-refractivity contribution is 0.0697. The zero-order valence-corrected chi connectivity index (χ0v) is 12.2. The molecule has 106 valence electrons. The van der Waals surface area contributed by atoms with Crippen molar-refractivity contribution in [2.45, 2.75) is 13.0 Å². The summed E-state index contributed by atoms with van der Waals surface area (Å²) in [4.78, 5) is 15.6. The molecular formula is C16H14N2O2S. The summed E-state index contributed by atoms with van der Waals surface area (Å²) >= 11 is 1.65. The third-order valence-electron chi connectivity index (χ3n) is 3.17. The maximum absolute atomic E-state index is 11.0. The fourth-order valence-corrected chi connectivity index (χ4v) is 3.10. The minimum absolute atomic E-state index is 0.0199. The van der Waals surface area contributed by atoms with Gasteiger partial charge in [0.05, 0.1) is 21.8 Å². The topological polar surface area (TPSA) is 62.2 Å². The molecule has 21 heavy (non-hydrogen) atoms. The summed E-state index contributed by atoms with van der Waals surface area (Å²) in [6.45, 7) is 2.02. The van der Waals surface area contributed by atoms with E-state index in [4.69, 9.17) is 5.11 Å². The number of hydrogen-bond acceptors (Lipinski definition) is 4. The van der Waals surface area contributed by atoms with Gasteiger partial charge < -0.3 is 10.4 Å². The first-order valence-corrected chi connectivity index (χ1v) is 7.40. The average Bonchev–Trinajstić information content (AvgIpc) is 2.91. The summed E-state index contributed by atoms with van der Waals surface area (Å²) in [7, 11) is 0. The van der Waals surface area contributed by atoms with Crippen LogP contribution in [-0.4, -0.2) is 16.1 Å². The van der Waals surface area contributed by atoms with Gasteiger partial charge in [0.25, 0.3) is 0 Å². The van der Waals surface area contributed by atoms with Gasteiger partial charge in [0, 0.05) is 5.69 Å². The van der Waals surface area contributed by atoms with E-state index in [-0.39, 0.29) is 11.6 Å². The van der Waals surface area contributed by atoms with Crippen molar-refractivity contribution < 1.29 is 9.90 Å². The number of para-hydroxylation sites is 1. The molecule has 0 aliphatic rings. The molecule has 2 N–H and O–H groups in total. The largest absolute Gasteiger partial charge is 0.478 e. The molecule has 1 aromatic heterocycles. The zero-order valence-electron chi connectivity index (χ0n) is 11.4. The molecular weight excluding hydrogens is 284 g/mol. The van der Waals surface area contributed by atoms with E-state index >= 15 is 0 Å². The number of hydrogen-bond donors (Lipinski definition) is 2. The Morgan fingerprint density at radius 3 is 2.81 bits per heavy atom. The van der Waals surface area contributed by atoms with Crippen molar-refractivity contribution >= 4 is 33.2 Å². The highest BCUT2D eigenvalue weighted by Gasteiger charge is 2.12. The van der Waals surface area contributed by atoms with Crippen LogP contribution in [0.15, 0.2) is 48.5 Å². The molecule has 0 saturated carbocycles. The van der Waals surface area contributed by atoms with Crippen LogP contribution >= 0.6 is 11.3 Å². The van der Waals surface area contributed by atoms with Gasteiger partial charge >= 0.3 is 5.97 Å². The van der Waals surface area contributed by atoms with Crippen molar-refractivity contribution in [3.05, 3.63) is 59.1 Å². The summed E-state index contributed by atoms with van der Waals surface area (Å²) < 4.78 is 1.15. The molecule has 0 bridgehead atoms. The van der Waals surface area contributed by atoms with Gasteiger partial charge in [0.1, 0.15) is 5.01 Å². The number of aromatic nitrogens is 1. The van der Waals surface area contributed by atoms with Crippen LogP contribution in [0.1, 0.15) is 28.3 Å². The molecule has 0 radical (unpaired) electrons. The second-order valence-electron chi connectivity index (χ2n) is 4.77. The molecule has 0 saturated heterocycles. The predicted octanol–water partition coefficient (Wildman–Crippen LogP) is 4.17. The molecule has 2 aromatic carbocycles. The summed E-state index contributed by atoms with van der Waals surface area (Å²) in [6, 6.07) is 14.8. The quantitative estimate of drug-likeness (QED) is 0.759. The number of carboxylic acids is 1. The van der Waals surface area contributed by atoms with Crippen LogP contribution in [-0.2, 0) is 0 Å². The first-order chi connectivity index (χ1) is 10.1. The minimum Gasteiger partial charge on any atom is -0.478 e. The fraction of sp³-hybridized carbons (Fsp3) is 0.125. The van der Waals surface area contributed by atoms with Gasteiger partial charge in [-0.05, 0) is 37.3 Å². The summed E-state index contributed by atoms with van der Waals surface area (Å²) in [6.07, 6.45) is 0. The molecule has 0 aliphatic carbocycles. The number of benzene rings is 2. The van der Waals surface area contributed by atoms with Gasteiger partial charge in [0.15, 0.2) is 0 Å².